The van der Waals surface area contributed by atoms with Crippen LogP contribution < -0.4 is 4.74 Å². The van der Waals surface area contributed by atoms with Crippen molar-refractivity contribution in [1.82, 2.24) is 19.5 Å². The van der Waals surface area contributed by atoms with Gasteiger partial charge in [-0.1, -0.05) is 12.1 Å². The average Bonchev–Trinajstić information content (AvgIpc) is 3.32. The summed E-state index contributed by atoms with van der Waals surface area (Å²) in [5.74, 6) is 1.17. The first-order valence-electron chi connectivity index (χ1n) is 9.20. The van der Waals surface area contributed by atoms with Gasteiger partial charge in [-0.3, -0.25) is 0 Å². The fourth-order valence-corrected chi connectivity index (χ4v) is 3.31. The highest BCUT2D eigenvalue weighted by molar-refractivity contribution is 5.70. The summed E-state index contributed by atoms with van der Waals surface area (Å²) in [5, 5.41) is 0. The van der Waals surface area contributed by atoms with Gasteiger partial charge in [0.15, 0.2) is 0 Å². The molecule has 0 aliphatic heterocycles. The van der Waals surface area contributed by atoms with Crippen molar-refractivity contribution in [2.45, 2.75) is 20.0 Å². The van der Waals surface area contributed by atoms with Crippen molar-refractivity contribution in [2.75, 3.05) is 7.11 Å². The first kappa shape index (κ1) is 19.8. The molecule has 0 saturated carbocycles. The van der Waals surface area contributed by atoms with E-state index in [9.17, 15) is 13.2 Å². The van der Waals surface area contributed by atoms with Crippen LogP contribution in [0.15, 0.2) is 55.0 Å². The van der Waals surface area contributed by atoms with Crippen LogP contribution in [0.5, 0.6) is 5.75 Å². The molecule has 1 N–H and O–H groups in total. The van der Waals surface area contributed by atoms with Gasteiger partial charge in [-0.05, 0) is 44.2 Å². The number of alkyl halides is 3. The van der Waals surface area contributed by atoms with Crippen molar-refractivity contribution < 1.29 is 17.9 Å². The molecule has 4 aromatic rings. The van der Waals surface area contributed by atoms with Gasteiger partial charge in [-0.25, -0.2) is 9.97 Å². The highest BCUT2D eigenvalue weighted by Crippen LogP contribution is 2.34. The largest absolute Gasteiger partial charge is 0.495 e. The van der Waals surface area contributed by atoms with Crippen LogP contribution in [0, 0.1) is 13.8 Å². The van der Waals surface area contributed by atoms with Crippen LogP contribution in [0.3, 0.4) is 0 Å². The normalized spacial score (nSPS) is 11.7. The molecule has 5 nitrogen and oxygen atoms in total. The molecular weight excluding hydrogens is 393 g/mol. The maximum absolute atomic E-state index is 13.1. The molecule has 0 unspecified atom stereocenters. The molecule has 2 aromatic carbocycles. The maximum Gasteiger partial charge on any atom is 0.416 e. The number of aromatic nitrogens is 4. The molecule has 0 saturated heterocycles. The SMILES string of the molecule is COc1cc(-c2nc(-c3cccc(C(F)(F)F)c3)c(C)[nH]2)ccc1-n1cnc(C)c1. The second kappa shape index (κ2) is 7.37. The van der Waals surface area contributed by atoms with E-state index in [0.717, 1.165) is 29.1 Å². The number of methoxy groups -OCH3 is 1. The number of ether oxygens (including phenoxy) is 1. The summed E-state index contributed by atoms with van der Waals surface area (Å²) in [5.41, 5.74) is 3.32. The Morgan fingerprint density at radius 2 is 1.83 bits per heavy atom. The van der Waals surface area contributed by atoms with Crippen LogP contribution in [-0.4, -0.2) is 26.6 Å². The smallest absolute Gasteiger partial charge is 0.416 e. The van der Waals surface area contributed by atoms with Crippen LogP contribution in [0.1, 0.15) is 17.0 Å². The zero-order valence-electron chi connectivity index (χ0n) is 16.6. The Kier molecular flexibility index (Phi) is 4.85. The standard InChI is InChI=1S/C22H19F3N4O/c1-13-11-29(12-26-13)18-8-7-16(10-19(18)30-3)21-27-14(2)20(28-21)15-5-4-6-17(9-15)22(23,24)25/h4-12H,1-3H3,(H,27,28). The Morgan fingerprint density at radius 1 is 1.03 bits per heavy atom. The molecule has 4 rings (SSSR count). The van der Waals surface area contributed by atoms with E-state index < -0.39 is 11.7 Å². The highest BCUT2D eigenvalue weighted by atomic mass is 19.4. The van der Waals surface area contributed by atoms with Crippen LogP contribution >= 0.6 is 0 Å². The van der Waals surface area contributed by atoms with Gasteiger partial charge in [0, 0.05) is 23.0 Å². The quantitative estimate of drug-likeness (QED) is 0.477. The zero-order valence-corrected chi connectivity index (χ0v) is 16.6. The van der Waals surface area contributed by atoms with Gasteiger partial charge < -0.3 is 14.3 Å². The summed E-state index contributed by atoms with van der Waals surface area (Å²) < 4.78 is 46.6. The van der Waals surface area contributed by atoms with Crippen molar-refractivity contribution in [3.05, 3.63) is 71.9 Å². The Bertz CT molecular complexity index is 1210. The molecule has 154 valence electrons. The van der Waals surface area contributed by atoms with Crippen LogP contribution in [0.25, 0.3) is 28.3 Å². The first-order chi connectivity index (χ1) is 14.3. The van der Waals surface area contributed by atoms with E-state index >= 15 is 0 Å². The minimum atomic E-state index is -4.40. The lowest BCUT2D eigenvalue weighted by Crippen LogP contribution is -2.04. The summed E-state index contributed by atoms with van der Waals surface area (Å²) in [6.45, 7) is 3.68. The predicted molar refractivity (Wildman–Crippen MR) is 108 cm³/mol. The molecule has 2 heterocycles. The number of imidazole rings is 2. The first-order valence-corrected chi connectivity index (χ1v) is 9.20. The molecule has 0 aliphatic rings. The van der Waals surface area contributed by atoms with Crippen molar-refractivity contribution >= 4 is 0 Å². The molecule has 30 heavy (non-hydrogen) atoms. The molecule has 0 atom stereocenters. The van der Waals surface area contributed by atoms with Crippen molar-refractivity contribution in [2.24, 2.45) is 0 Å². The Morgan fingerprint density at radius 3 is 2.50 bits per heavy atom. The van der Waals surface area contributed by atoms with Crippen molar-refractivity contribution in [1.29, 1.82) is 0 Å². The molecule has 2 aromatic heterocycles. The lowest BCUT2D eigenvalue weighted by molar-refractivity contribution is -0.137. The van der Waals surface area contributed by atoms with Crippen LogP contribution in [0.2, 0.25) is 0 Å². The van der Waals surface area contributed by atoms with Gasteiger partial charge >= 0.3 is 6.18 Å². The summed E-state index contributed by atoms with van der Waals surface area (Å²) in [7, 11) is 1.58. The maximum atomic E-state index is 13.1. The number of aromatic amines is 1. The number of hydrogen-bond donors (Lipinski definition) is 1. The third-order valence-corrected chi connectivity index (χ3v) is 4.79. The van der Waals surface area contributed by atoms with E-state index in [1.807, 2.05) is 35.9 Å². The van der Waals surface area contributed by atoms with E-state index in [4.69, 9.17) is 4.74 Å². The molecule has 0 radical (unpaired) electrons. The number of H-pyrrole nitrogens is 1. The number of nitrogens with one attached hydrogen (secondary N) is 1. The van der Waals surface area contributed by atoms with E-state index in [1.54, 1.807) is 26.4 Å². The summed E-state index contributed by atoms with van der Waals surface area (Å²) in [6.07, 6.45) is -0.812. The second-order valence-electron chi connectivity index (χ2n) is 6.95. The van der Waals surface area contributed by atoms with Gasteiger partial charge in [-0.2, -0.15) is 13.2 Å². The minimum absolute atomic E-state index is 0.405. The fourth-order valence-electron chi connectivity index (χ4n) is 3.31. The number of nitrogens with zero attached hydrogens (tertiary/aromatic N) is 3. The molecule has 0 aliphatic carbocycles. The summed E-state index contributed by atoms with van der Waals surface area (Å²) in [4.78, 5) is 12.0. The lowest BCUT2D eigenvalue weighted by Gasteiger charge is -2.10. The Hall–Kier alpha value is -3.55. The number of halogens is 3. The van der Waals surface area contributed by atoms with Gasteiger partial charge in [0.2, 0.25) is 0 Å². The van der Waals surface area contributed by atoms with E-state index in [0.29, 0.717) is 28.5 Å². The van der Waals surface area contributed by atoms with Gasteiger partial charge in [0.1, 0.15) is 11.6 Å². The third kappa shape index (κ3) is 3.68. The number of aryl methyl sites for hydroxylation is 2. The molecule has 0 spiro atoms. The number of hydrogen-bond acceptors (Lipinski definition) is 3. The molecular formula is C22H19F3N4O. The molecule has 0 bridgehead atoms. The van der Waals surface area contributed by atoms with Gasteiger partial charge in [-0.15, -0.1) is 0 Å². The monoisotopic (exact) mass is 412 g/mol. The van der Waals surface area contributed by atoms with Crippen molar-refractivity contribution in [3.8, 4) is 34.1 Å². The predicted octanol–water partition coefficient (Wildman–Crippen LogP) is 5.57. The van der Waals surface area contributed by atoms with E-state index in [-0.39, 0.29) is 0 Å². The fraction of sp³-hybridized carbons (Fsp3) is 0.182. The van der Waals surface area contributed by atoms with Gasteiger partial charge in [0.05, 0.1) is 36.1 Å². The molecule has 0 amide bonds. The highest BCUT2D eigenvalue weighted by Gasteiger charge is 2.30. The lowest BCUT2D eigenvalue weighted by atomic mass is 10.1. The van der Waals surface area contributed by atoms with Crippen LogP contribution in [-0.2, 0) is 6.18 Å². The zero-order chi connectivity index (χ0) is 21.5. The summed E-state index contributed by atoms with van der Waals surface area (Å²) in [6, 6.07) is 10.8. The topological polar surface area (TPSA) is 55.7 Å². The Balaban J connectivity index is 1.73. The van der Waals surface area contributed by atoms with Gasteiger partial charge in [0.25, 0.3) is 0 Å². The number of benzene rings is 2. The Labute approximate surface area is 171 Å². The number of rotatable bonds is 4. The van der Waals surface area contributed by atoms with E-state index in [1.165, 1.54) is 6.07 Å². The second-order valence-corrected chi connectivity index (χ2v) is 6.95. The average molecular weight is 412 g/mol. The molecule has 8 heteroatoms. The van der Waals surface area contributed by atoms with E-state index in [2.05, 4.69) is 15.0 Å². The minimum Gasteiger partial charge on any atom is -0.495 e. The molecule has 0 fully saturated rings. The third-order valence-electron chi connectivity index (χ3n) is 4.79. The summed E-state index contributed by atoms with van der Waals surface area (Å²) >= 11 is 0. The van der Waals surface area contributed by atoms with Crippen LogP contribution in [0.4, 0.5) is 13.2 Å². The van der Waals surface area contributed by atoms with Crippen molar-refractivity contribution in [3.63, 3.8) is 0 Å².